The van der Waals surface area contributed by atoms with Crippen LogP contribution in [0, 0.1) is 28.9 Å². The second-order valence-electron chi connectivity index (χ2n) is 9.29. The van der Waals surface area contributed by atoms with Crippen LogP contribution in [0.15, 0.2) is 72.8 Å². The minimum Gasteiger partial charge on any atom is -0.325 e. The van der Waals surface area contributed by atoms with Crippen molar-refractivity contribution in [2.24, 2.45) is 5.92 Å². The van der Waals surface area contributed by atoms with Gasteiger partial charge in [0.05, 0.1) is 11.5 Å². The van der Waals surface area contributed by atoms with E-state index in [0.29, 0.717) is 22.9 Å². The monoisotopic (exact) mass is 500 g/mol. The first-order valence-electron chi connectivity index (χ1n) is 11.7. The van der Waals surface area contributed by atoms with E-state index >= 15 is 0 Å². The number of anilines is 2. The van der Waals surface area contributed by atoms with Crippen LogP contribution in [0.3, 0.4) is 0 Å². The summed E-state index contributed by atoms with van der Waals surface area (Å²) in [6.45, 7) is -0.0694. The van der Waals surface area contributed by atoms with Crippen LogP contribution in [0.2, 0.25) is 0 Å². The van der Waals surface area contributed by atoms with Crippen molar-refractivity contribution in [1.29, 1.82) is 5.26 Å². The third-order valence-corrected chi connectivity index (χ3v) is 6.94. The molecule has 2 aliphatic rings. The van der Waals surface area contributed by atoms with Gasteiger partial charge in [0.25, 0.3) is 0 Å². The van der Waals surface area contributed by atoms with Crippen molar-refractivity contribution in [3.05, 3.63) is 95.6 Å². The fourth-order valence-electron chi connectivity index (χ4n) is 5.18. The number of nitrogens with zero attached hydrogens (tertiary/aromatic N) is 2. The Morgan fingerprint density at radius 1 is 1.08 bits per heavy atom. The molecule has 0 unspecified atom stereocenters. The van der Waals surface area contributed by atoms with Crippen molar-refractivity contribution in [3.8, 4) is 6.07 Å². The topological polar surface area (TPSA) is 102 Å². The number of nitriles is 1. The highest BCUT2D eigenvalue weighted by molar-refractivity contribution is 6.09. The summed E-state index contributed by atoms with van der Waals surface area (Å²) in [5, 5.41) is 15.2. The van der Waals surface area contributed by atoms with Crippen LogP contribution in [0.25, 0.3) is 0 Å². The van der Waals surface area contributed by atoms with Gasteiger partial charge in [-0.15, -0.1) is 0 Å². The number of carbonyl (C=O) groups is 3. The van der Waals surface area contributed by atoms with Gasteiger partial charge in [0.2, 0.25) is 17.7 Å². The van der Waals surface area contributed by atoms with E-state index in [0.717, 1.165) is 12.1 Å². The maximum Gasteiger partial charge on any atom is 0.237 e. The van der Waals surface area contributed by atoms with E-state index in [9.17, 15) is 28.4 Å². The maximum atomic E-state index is 13.9. The molecule has 2 heterocycles. The Bertz CT molecular complexity index is 1420. The number of likely N-dealkylation sites (tertiary alicyclic amines) is 1. The highest BCUT2D eigenvalue weighted by atomic mass is 19.1. The second-order valence-corrected chi connectivity index (χ2v) is 9.29. The zero-order valence-corrected chi connectivity index (χ0v) is 19.6. The van der Waals surface area contributed by atoms with Crippen molar-refractivity contribution < 1.29 is 23.2 Å². The largest absolute Gasteiger partial charge is 0.325 e. The first-order valence-corrected chi connectivity index (χ1v) is 11.7. The maximum absolute atomic E-state index is 13.9. The molecular formula is C28H22F2N4O3. The fraction of sp³-hybridized carbons (Fsp3) is 0.214. The van der Waals surface area contributed by atoms with Crippen LogP contribution in [0.4, 0.5) is 20.2 Å². The smallest absolute Gasteiger partial charge is 0.237 e. The van der Waals surface area contributed by atoms with Gasteiger partial charge in [-0.1, -0.05) is 48.5 Å². The van der Waals surface area contributed by atoms with Gasteiger partial charge >= 0.3 is 0 Å². The summed E-state index contributed by atoms with van der Waals surface area (Å²) in [4.78, 5) is 41.6. The Labute approximate surface area is 211 Å². The summed E-state index contributed by atoms with van der Waals surface area (Å²) in [5.74, 6) is -4.77. The highest BCUT2D eigenvalue weighted by Gasteiger charge is 2.56. The third kappa shape index (κ3) is 4.42. The lowest BCUT2D eigenvalue weighted by molar-refractivity contribution is -0.140. The molecule has 1 fully saturated rings. The van der Waals surface area contributed by atoms with Crippen molar-refractivity contribution in [3.63, 3.8) is 0 Å². The van der Waals surface area contributed by atoms with Crippen LogP contribution in [0.1, 0.15) is 17.5 Å². The standard InChI is InChI=1S/C28H22F2N4O3/c29-18-11-19(30)13-20(12-18)32-25(35)22(10-17-6-2-1-3-7-17)26(36)34-16-28(14-21(34)15-31)23-8-4-5-9-24(23)33-27(28)37/h1-9,11-13,21-22H,10,14,16H2,(H,32,35)(H,33,37)/t21-,22+,28-/m0/s1. The highest BCUT2D eigenvalue weighted by Crippen LogP contribution is 2.46. The van der Waals surface area contributed by atoms with Gasteiger partial charge in [-0.3, -0.25) is 14.4 Å². The number of rotatable bonds is 5. The van der Waals surface area contributed by atoms with Crippen molar-refractivity contribution in [2.75, 3.05) is 17.2 Å². The Kier molecular flexibility index (Phi) is 6.17. The molecular weight excluding hydrogens is 478 g/mol. The lowest BCUT2D eigenvalue weighted by Crippen LogP contribution is -2.46. The average molecular weight is 501 g/mol. The Morgan fingerprint density at radius 2 is 1.76 bits per heavy atom. The summed E-state index contributed by atoms with van der Waals surface area (Å²) >= 11 is 0. The number of carbonyl (C=O) groups excluding carboxylic acids is 3. The molecule has 186 valence electrons. The number of fused-ring (bicyclic) bond motifs is 2. The number of hydrogen-bond donors (Lipinski definition) is 2. The molecule has 9 heteroatoms. The lowest BCUT2D eigenvalue weighted by atomic mass is 9.80. The summed E-state index contributed by atoms with van der Waals surface area (Å²) < 4.78 is 27.4. The van der Waals surface area contributed by atoms with Crippen molar-refractivity contribution >= 4 is 29.1 Å². The molecule has 0 bridgehead atoms. The summed E-state index contributed by atoms with van der Waals surface area (Å²) in [5.41, 5.74) is 0.784. The number of hydrogen-bond acceptors (Lipinski definition) is 4. The SMILES string of the molecule is N#C[C@@H]1C[C@@]2(CN1C(=O)[C@H](Cc1ccccc1)C(=O)Nc1cc(F)cc(F)c1)C(=O)Nc1ccccc12. The number of benzene rings is 3. The molecule has 3 aromatic carbocycles. The zero-order valence-electron chi connectivity index (χ0n) is 19.6. The van der Waals surface area contributed by atoms with Crippen LogP contribution >= 0.6 is 0 Å². The quantitative estimate of drug-likeness (QED) is 0.521. The summed E-state index contributed by atoms with van der Waals surface area (Å²) in [7, 11) is 0. The van der Waals surface area contributed by atoms with Gasteiger partial charge in [-0.25, -0.2) is 8.78 Å². The number of halogens is 2. The fourth-order valence-corrected chi connectivity index (χ4v) is 5.18. The second kappa shape index (κ2) is 9.47. The van der Waals surface area contributed by atoms with Crippen LogP contribution in [-0.2, 0) is 26.2 Å². The molecule has 1 saturated heterocycles. The third-order valence-electron chi connectivity index (χ3n) is 6.94. The summed E-state index contributed by atoms with van der Waals surface area (Å²) in [6, 6.07) is 19.7. The van der Waals surface area contributed by atoms with Crippen molar-refractivity contribution in [1.82, 2.24) is 4.90 Å². The molecule has 3 amide bonds. The van der Waals surface area contributed by atoms with Crippen LogP contribution in [0.5, 0.6) is 0 Å². The first kappa shape index (κ1) is 24.1. The van der Waals surface area contributed by atoms with E-state index in [-0.39, 0.29) is 31.0 Å². The molecule has 2 aliphatic heterocycles. The molecule has 0 aliphatic carbocycles. The van der Waals surface area contributed by atoms with Gasteiger partial charge in [0.15, 0.2) is 0 Å². The Morgan fingerprint density at radius 3 is 2.46 bits per heavy atom. The predicted molar refractivity (Wildman–Crippen MR) is 131 cm³/mol. The van der Waals surface area contributed by atoms with E-state index in [1.165, 1.54) is 4.90 Å². The van der Waals surface area contributed by atoms with E-state index in [2.05, 4.69) is 16.7 Å². The molecule has 3 atom stereocenters. The minimum absolute atomic E-state index is 0.00621. The number of amides is 3. The normalized spacial score (nSPS) is 20.7. The molecule has 1 spiro atoms. The Hall–Kier alpha value is -4.58. The van der Waals surface area contributed by atoms with Crippen LogP contribution < -0.4 is 10.6 Å². The molecule has 7 nitrogen and oxygen atoms in total. The van der Waals surface area contributed by atoms with Crippen LogP contribution in [-0.4, -0.2) is 35.2 Å². The van der Waals surface area contributed by atoms with Crippen molar-refractivity contribution in [2.45, 2.75) is 24.3 Å². The van der Waals surface area contributed by atoms with E-state index in [1.807, 2.05) is 0 Å². The summed E-state index contributed by atoms with van der Waals surface area (Å²) in [6.07, 6.45) is 0.0839. The first-order chi connectivity index (χ1) is 17.8. The van der Waals surface area contributed by atoms with Gasteiger partial charge in [0.1, 0.15) is 23.6 Å². The molecule has 5 rings (SSSR count). The van der Waals surface area contributed by atoms with Gasteiger partial charge in [0, 0.05) is 30.4 Å². The molecule has 2 N–H and O–H groups in total. The molecule has 0 aromatic heterocycles. The van der Waals surface area contributed by atoms with E-state index in [1.54, 1.807) is 54.6 Å². The molecule has 0 radical (unpaired) electrons. The van der Waals surface area contributed by atoms with Gasteiger partial charge in [-0.05, 0) is 35.7 Å². The van der Waals surface area contributed by atoms with E-state index < -0.39 is 40.8 Å². The molecule has 0 saturated carbocycles. The predicted octanol–water partition coefficient (Wildman–Crippen LogP) is 3.78. The Balaban J connectivity index is 1.47. The average Bonchev–Trinajstić information content (AvgIpc) is 3.40. The number of para-hydroxylation sites is 1. The zero-order chi connectivity index (χ0) is 26.2. The van der Waals surface area contributed by atoms with E-state index in [4.69, 9.17) is 0 Å². The van der Waals surface area contributed by atoms with Gasteiger partial charge < -0.3 is 15.5 Å². The minimum atomic E-state index is -1.31. The number of nitrogens with one attached hydrogen (secondary N) is 2. The van der Waals surface area contributed by atoms with Gasteiger partial charge in [-0.2, -0.15) is 5.26 Å². The lowest BCUT2D eigenvalue weighted by Gasteiger charge is -2.26. The molecule has 3 aromatic rings. The molecule has 37 heavy (non-hydrogen) atoms.